The molecule has 1 aliphatic carbocycles. The van der Waals surface area contributed by atoms with Crippen LogP contribution in [0.15, 0.2) is 23.1 Å². The highest BCUT2D eigenvalue weighted by molar-refractivity contribution is 5.81. The van der Waals surface area contributed by atoms with Gasteiger partial charge in [0.25, 0.3) is 0 Å². The number of aromatic amines is 1. The van der Waals surface area contributed by atoms with Crippen LogP contribution in [0.5, 0.6) is 0 Å². The van der Waals surface area contributed by atoms with Crippen molar-refractivity contribution < 1.29 is 0 Å². The standard InChI is InChI=1S/C17H21N7O/c1-10-21-15(18)14-16(22-10)24(17(25)23-14)9-13-6-5-11(8-20-13)7-19-12-3-2-4-12/h5-6,8,12,19H,2-4,7,9H2,1H3,(H,23,25)(H2,18,21,22). The SMILES string of the molecule is Cc1nc(N)c2[nH]c(=O)n(Cc3ccc(CNC4CCC4)cn3)c2n1. The number of hydrogen-bond donors (Lipinski definition) is 3. The lowest BCUT2D eigenvalue weighted by Gasteiger charge is -2.26. The highest BCUT2D eigenvalue weighted by Crippen LogP contribution is 2.18. The van der Waals surface area contributed by atoms with Crippen LogP contribution < -0.4 is 16.7 Å². The molecule has 0 saturated heterocycles. The van der Waals surface area contributed by atoms with Crippen molar-refractivity contribution in [2.45, 2.75) is 45.3 Å². The van der Waals surface area contributed by atoms with Crippen LogP contribution in [0.2, 0.25) is 0 Å². The average Bonchev–Trinajstić information content (AvgIpc) is 2.84. The Morgan fingerprint density at radius 2 is 2.20 bits per heavy atom. The minimum absolute atomic E-state index is 0.265. The molecule has 25 heavy (non-hydrogen) atoms. The van der Waals surface area contributed by atoms with Gasteiger partial charge in [0.1, 0.15) is 11.3 Å². The summed E-state index contributed by atoms with van der Waals surface area (Å²) in [5, 5.41) is 3.52. The molecule has 1 aliphatic rings. The highest BCUT2D eigenvalue weighted by Gasteiger charge is 2.16. The Labute approximate surface area is 144 Å². The zero-order chi connectivity index (χ0) is 17.4. The Morgan fingerprint density at radius 3 is 2.88 bits per heavy atom. The van der Waals surface area contributed by atoms with Crippen LogP contribution >= 0.6 is 0 Å². The van der Waals surface area contributed by atoms with E-state index in [0.29, 0.717) is 29.6 Å². The minimum Gasteiger partial charge on any atom is -0.382 e. The van der Waals surface area contributed by atoms with E-state index in [1.54, 1.807) is 6.92 Å². The smallest absolute Gasteiger partial charge is 0.328 e. The van der Waals surface area contributed by atoms with E-state index in [9.17, 15) is 4.79 Å². The molecule has 4 rings (SSSR count). The molecule has 0 aliphatic heterocycles. The molecule has 8 heteroatoms. The first-order valence-electron chi connectivity index (χ1n) is 8.50. The fourth-order valence-corrected chi connectivity index (χ4v) is 3.00. The Balaban J connectivity index is 1.54. The van der Waals surface area contributed by atoms with Crippen LogP contribution in [-0.2, 0) is 13.1 Å². The number of nitrogens with one attached hydrogen (secondary N) is 2. The number of rotatable bonds is 5. The maximum absolute atomic E-state index is 12.2. The average molecular weight is 339 g/mol. The summed E-state index contributed by atoms with van der Waals surface area (Å²) in [7, 11) is 0. The molecule has 130 valence electrons. The van der Waals surface area contributed by atoms with E-state index in [4.69, 9.17) is 5.73 Å². The number of nitrogens with two attached hydrogens (primary N) is 1. The van der Waals surface area contributed by atoms with Gasteiger partial charge in [0.15, 0.2) is 11.5 Å². The molecule has 0 atom stereocenters. The highest BCUT2D eigenvalue weighted by atomic mass is 16.1. The number of fused-ring (bicyclic) bond motifs is 1. The van der Waals surface area contributed by atoms with Gasteiger partial charge >= 0.3 is 5.69 Å². The summed E-state index contributed by atoms with van der Waals surface area (Å²) >= 11 is 0. The third kappa shape index (κ3) is 3.12. The zero-order valence-corrected chi connectivity index (χ0v) is 14.1. The summed E-state index contributed by atoms with van der Waals surface area (Å²) in [5.41, 5.74) is 8.52. The van der Waals surface area contributed by atoms with Gasteiger partial charge in [0.05, 0.1) is 12.2 Å². The first kappa shape index (κ1) is 15.8. The minimum atomic E-state index is -0.265. The van der Waals surface area contributed by atoms with Gasteiger partial charge in [-0.1, -0.05) is 12.5 Å². The Hall–Kier alpha value is -2.74. The monoisotopic (exact) mass is 339 g/mol. The van der Waals surface area contributed by atoms with Crippen molar-refractivity contribution >= 4 is 17.0 Å². The molecule has 3 aromatic rings. The number of nitrogen functional groups attached to an aromatic ring is 1. The van der Waals surface area contributed by atoms with Crippen molar-refractivity contribution in [2.24, 2.45) is 0 Å². The van der Waals surface area contributed by atoms with Crippen LogP contribution in [0.3, 0.4) is 0 Å². The van der Waals surface area contributed by atoms with E-state index in [2.05, 4.69) is 25.3 Å². The zero-order valence-electron chi connectivity index (χ0n) is 14.1. The van der Waals surface area contributed by atoms with Gasteiger partial charge in [-0.25, -0.2) is 14.8 Å². The van der Waals surface area contributed by atoms with E-state index in [1.165, 1.54) is 23.8 Å². The van der Waals surface area contributed by atoms with Gasteiger partial charge in [-0.3, -0.25) is 9.55 Å². The molecule has 1 fully saturated rings. The molecular weight excluding hydrogens is 318 g/mol. The number of hydrogen-bond acceptors (Lipinski definition) is 6. The Morgan fingerprint density at radius 1 is 1.36 bits per heavy atom. The van der Waals surface area contributed by atoms with Crippen molar-refractivity contribution in [1.82, 2.24) is 29.8 Å². The lowest BCUT2D eigenvalue weighted by Crippen LogP contribution is -2.34. The first-order valence-corrected chi connectivity index (χ1v) is 8.50. The number of pyridine rings is 1. The first-order chi connectivity index (χ1) is 12.1. The van der Waals surface area contributed by atoms with E-state index in [1.807, 2.05) is 18.3 Å². The third-order valence-electron chi connectivity index (χ3n) is 4.67. The van der Waals surface area contributed by atoms with Gasteiger partial charge in [-0.15, -0.1) is 0 Å². The molecule has 0 spiro atoms. The molecule has 8 nitrogen and oxygen atoms in total. The molecule has 0 unspecified atom stereocenters. The molecule has 4 N–H and O–H groups in total. The van der Waals surface area contributed by atoms with Crippen LogP contribution in [0, 0.1) is 6.92 Å². The summed E-state index contributed by atoms with van der Waals surface area (Å²) < 4.78 is 1.54. The number of aromatic nitrogens is 5. The van der Waals surface area contributed by atoms with Crippen molar-refractivity contribution in [1.29, 1.82) is 0 Å². The maximum Gasteiger partial charge on any atom is 0.328 e. The summed E-state index contributed by atoms with van der Waals surface area (Å²) in [4.78, 5) is 27.9. The quantitative estimate of drug-likeness (QED) is 0.641. The summed E-state index contributed by atoms with van der Waals surface area (Å²) in [6.45, 7) is 2.92. The van der Waals surface area contributed by atoms with Crippen LogP contribution in [0.4, 0.5) is 5.82 Å². The molecular formula is C17H21N7O. The molecule has 0 radical (unpaired) electrons. The van der Waals surface area contributed by atoms with Gasteiger partial charge < -0.3 is 16.0 Å². The van der Waals surface area contributed by atoms with Gasteiger partial charge in [0.2, 0.25) is 0 Å². The summed E-state index contributed by atoms with van der Waals surface area (Å²) in [6.07, 6.45) is 5.70. The lowest BCUT2D eigenvalue weighted by atomic mass is 9.93. The van der Waals surface area contributed by atoms with Crippen molar-refractivity contribution in [3.05, 3.63) is 45.9 Å². The second kappa shape index (κ2) is 6.29. The van der Waals surface area contributed by atoms with Gasteiger partial charge in [-0.05, 0) is 31.4 Å². The number of imidazole rings is 1. The molecule has 0 aromatic carbocycles. The fourth-order valence-electron chi connectivity index (χ4n) is 3.00. The van der Waals surface area contributed by atoms with E-state index in [-0.39, 0.29) is 11.5 Å². The Kier molecular flexibility index (Phi) is 3.96. The lowest BCUT2D eigenvalue weighted by molar-refractivity contribution is 0.338. The summed E-state index contributed by atoms with van der Waals surface area (Å²) in [5.74, 6) is 0.812. The predicted octanol–water partition coefficient (Wildman–Crippen LogP) is 1.10. The largest absolute Gasteiger partial charge is 0.382 e. The van der Waals surface area contributed by atoms with E-state index in [0.717, 1.165) is 17.8 Å². The molecule has 3 heterocycles. The second-order valence-electron chi connectivity index (χ2n) is 6.54. The van der Waals surface area contributed by atoms with Crippen molar-refractivity contribution in [3.63, 3.8) is 0 Å². The van der Waals surface area contributed by atoms with Crippen LogP contribution in [-0.4, -0.2) is 30.5 Å². The van der Waals surface area contributed by atoms with E-state index < -0.39 is 0 Å². The molecule has 0 amide bonds. The van der Waals surface area contributed by atoms with Crippen molar-refractivity contribution in [2.75, 3.05) is 5.73 Å². The number of H-pyrrole nitrogens is 1. The number of nitrogens with zero attached hydrogens (tertiary/aromatic N) is 4. The number of aryl methyl sites for hydroxylation is 1. The maximum atomic E-state index is 12.2. The third-order valence-corrected chi connectivity index (χ3v) is 4.67. The normalized spacial score (nSPS) is 14.8. The fraction of sp³-hybridized carbons (Fsp3) is 0.412. The summed E-state index contributed by atoms with van der Waals surface area (Å²) in [6, 6.07) is 4.64. The Bertz CT molecular complexity index is 954. The second-order valence-corrected chi connectivity index (χ2v) is 6.54. The van der Waals surface area contributed by atoms with Crippen molar-refractivity contribution in [3.8, 4) is 0 Å². The van der Waals surface area contributed by atoms with Gasteiger partial charge in [0, 0.05) is 18.8 Å². The molecule has 0 bridgehead atoms. The van der Waals surface area contributed by atoms with E-state index >= 15 is 0 Å². The molecule has 3 aromatic heterocycles. The number of anilines is 1. The van der Waals surface area contributed by atoms with Crippen LogP contribution in [0.25, 0.3) is 11.2 Å². The molecule has 1 saturated carbocycles. The topological polar surface area (TPSA) is 115 Å². The predicted molar refractivity (Wildman–Crippen MR) is 95.1 cm³/mol. The van der Waals surface area contributed by atoms with Crippen LogP contribution in [0.1, 0.15) is 36.3 Å². The van der Waals surface area contributed by atoms with Gasteiger partial charge in [-0.2, -0.15) is 0 Å².